The van der Waals surface area contributed by atoms with Crippen molar-refractivity contribution in [1.29, 1.82) is 0 Å². The molecule has 2 atom stereocenters. The minimum Gasteiger partial charge on any atom is -0.507 e. The fourth-order valence-electron chi connectivity index (χ4n) is 2.52. The van der Waals surface area contributed by atoms with Crippen LogP contribution >= 0.6 is 0 Å². The molecule has 1 amide bonds. The topological polar surface area (TPSA) is 61.4 Å². The zero-order chi connectivity index (χ0) is 13.8. The number of aromatic hydroxyl groups is 1. The van der Waals surface area contributed by atoms with Crippen LogP contribution in [0.1, 0.15) is 29.3 Å². The third kappa shape index (κ3) is 3.47. The van der Waals surface area contributed by atoms with Crippen molar-refractivity contribution in [2.45, 2.75) is 20.3 Å². The number of rotatable bonds is 3. The van der Waals surface area contributed by atoms with Crippen molar-refractivity contribution in [3.8, 4) is 5.75 Å². The number of aryl methyl sites for hydroxylation is 1. The predicted octanol–water partition coefficient (Wildman–Crippen LogP) is 1.68. The molecule has 1 aliphatic heterocycles. The number of nitrogens with one attached hydrogen (secondary N) is 2. The highest BCUT2D eigenvalue weighted by atomic mass is 16.3. The van der Waals surface area contributed by atoms with Crippen LogP contribution < -0.4 is 10.6 Å². The molecule has 1 fully saturated rings. The standard InChI is InChI=1S/C15H22N2O2/c1-10-3-4-13(14(18)7-10)15(19)17-9-12-5-6-16-8-11(12)2/h3-4,7,11-12,16,18H,5-6,8-9H2,1-2H3,(H,17,19). The number of amides is 1. The van der Waals surface area contributed by atoms with Crippen molar-refractivity contribution in [2.24, 2.45) is 11.8 Å². The van der Waals surface area contributed by atoms with Crippen molar-refractivity contribution in [3.05, 3.63) is 29.3 Å². The lowest BCUT2D eigenvalue weighted by molar-refractivity contribution is 0.0935. The van der Waals surface area contributed by atoms with Gasteiger partial charge in [0.1, 0.15) is 5.75 Å². The van der Waals surface area contributed by atoms with Crippen LogP contribution in [0.3, 0.4) is 0 Å². The summed E-state index contributed by atoms with van der Waals surface area (Å²) in [5.74, 6) is 0.942. The van der Waals surface area contributed by atoms with Crippen LogP contribution in [0.5, 0.6) is 5.75 Å². The molecule has 3 N–H and O–H groups in total. The molecule has 0 bridgehead atoms. The lowest BCUT2D eigenvalue weighted by Crippen LogP contribution is -2.41. The lowest BCUT2D eigenvalue weighted by atomic mass is 9.88. The van der Waals surface area contributed by atoms with E-state index in [9.17, 15) is 9.90 Å². The second kappa shape index (κ2) is 6.06. The van der Waals surface area contributed by atoms with Crippen LogP contribution in [0.25, 0.3) is 0 Å². The number of phenols is 1. The summed E-state index contributed by atoms with van der Waals surface area (Å²) in [6.45, 7) is 6.79. The van der Waals surface area contributed by atoms with E-state index >= 15 is 0 Å². The summed E-state index contributed by atoms with van der Waals surface area (Å²) in [6, 6.07) is 5.12. The van der Waals surface area contributed by atoms with Gasteiger partial charge in [0.2, 0.25) is 0 Å². The average Bonchev–Trinajstić information content (AvgIpc) is 2.37. The molecule has 1 aliphatic rings. The molecule has 1 aromatic rings. The van der Waals surface area contributed by atoms with E-state index in [0.717, 1.165) is 25.1 Å². The Morgan fingerprint density at radius 3 is 3.00 bits per heavy atom. The van der Waals surface area contributed by atoms with Crippen LogP contribution in [0, 0.1) is 18.8 Å². The van der Waals surface area contributed by atoms with Gasteiger partial charge in [0.15, 0.2) is 0 Å². The number of hydrogen-bond donors (Lipinski definition) is 3. The van der Waals surface area contributed by atoms with Crippen LogP contribution in [-0.2, 0) is 0 Å². The summed E-state index contributed by atoms with van der Waals surface area (Å²) < 4.78 is 0. The van der Waals surface area contributed by atoms with Crippen LogP contribution in [0.15, 0.2) is 18.2 Å². The van der Waals surface area contributed by atoms with Gasteiger partial charge in [-0.1, -0.05) is 13.0 Å². The molecule has 1 heterocycles. The average molecular weight is 262 g/mol. The second-order valence-corrected chi connectivity index (χ2v) is 5.46. The van der Waals surface area contributed by atoms with Gasteiger partial charge in [0.05, 0.1) is 5.56 Å². The zero-order valence-corrected chi connectivity index (χ0v) is 11.6. The third-order valence-corrected chi connectivity index (χ3v) is 3.89. The Bertz CT molecular complexity index is 459. The number of piperidine rings is 1. The van der Waals surface area contributed by atoms with E-state index in [1.807, 2.05) is 13.0 Å². The van der Waals surface area contributed by atoms with Crippen LogP contribution in [-0.4, -0.2) is 30.6 Å². The van der Waals surface area contributed by atoms with Gasteiger partial charge in [0.25, 0.3) is 5.91 Å². The van der Waals surface area contributed by atoms with E-state index in [1.165, 1.54) is 0 Å². The summed E-state index contributed by atoms with van der Waals surface area (Å²) in [4.78, 5) is 12.0. The SMILES string of the molecule is Cc1ccc(C(=O)NCC2CCNCC2C)c(O)c1. The maximum absolute atomic E-state index is 12.0. The van der Waals surface area contributed by atoms with E-state index in [2.05, 4.69) is 17.6 Å². The van der Waals surface area contributed by atoms with E-state index in [-0.39, 0.29) is 11.7 Å². The summed E-state index contributed by atoms with van der Waals surface area (Å²) in [5.41, 5.74) is 1.30. The Kier molecular flexibility index (Phi) is 4.43. The van der Waals surface area contributed by atoms with Gasteiger partial charge < -0.3 is 15.7 Å². The maximum atomic E-state index is 12.0. The Morgan fingerprint density at radius 2 is 2.32 bits per heavy atom. The molecule has 0 radical (unpaired) electrons. The molecule has 0 saturated carbocycles. The fourth-order valence-corrected chi connectivity index (χ4v) is 2.52. The van der Waals surface area contributed by atoms with Gasteiger partial charge in [-0.05, 0) is 56.0 Å². The highest BCUT2D eigenvalue weighted by molar-refractivity contribution is 5.96. The molecular weight excluding hydrogens is 240 g/mol. The van der Waals surface area contributed by atoms with Gasteiger partial charge in [-0.3, -0.25) is 4.79 Å². The maximum Gasteiger partial charge on any atom is 0.255 e. The zero-order valence-electron chi connectivity index (χ0n) is 11.6. The highest BCUT2D eigenvalue weighted by Gasteiger charge is 2.22. The molecule has 1 saturated heterocycles. The minimum absolute atomic E-state index is 0.0517. The minimum atomic E-state index is -0.191. The van der Waals surface area contributed by atoms with Gasteiger partial charge in [-0.2, -0.15) is 0 Å². The smallest absolute Gasteiger partial charge is 0.255 e. The van der Waals surface area contributed by atoms with Gasteiger partial charge >= 0.3 is 0 Å². The van der Waals surface area contributed by atoms with E-state index < -0.39 is 0 Å². The summed E-state index contributed by atoms with van der Waals surface area (Å²) in [6.07, 6.45) is 1.08. The fraction of sp³-hybridized carbons (Fsp3) is 0.533. The van der Waals surface area contributed by atoms with Crippen molar-refractivity contribution < 1.29 is 9.90 Å². The summed E-state index contributed by atoms with van der Waals surface area (Å²) in [7, 11) is 0. The molecule has 0 aromatic heterocycles. The monoisotopic (exact) mass is 262 g/mol. The second-order valence-electron chi connectivity index (χ2n) is 5.46. The number of carbonyl (C=O) groups is 1. The van der Waals surface area contributed by atoms with Crippen molar-refractivity contribution >= 4 is 5.91 Å². The quantitative estimate of drug-likeness (QED) is 0.776. The van der Waals surface area contributed by atoms with Crippen LogP contribution in [0.2, 0.25) is 0 Å². The molecule has 19 heavy (non-hydrogen) atoms. The number of carbonyl (C=O) groups excluding carboxylic acids is 1. The molecule has 2 rings (SSSR count). The molecule has 0 aliphatic carbocycles. The third-order valence-electron chi connectivity index (χ3n) is 3.89. The van der Waals surface area contributed by atoms with E-state index in [0.29, 0.717) is 23.9 Å². The van der Waals surface area contributed by atoms with Crippen LogP contribution in [0.4, 0.5) is 0 Å². The van der Waals surface area contributed by atoms with Crippen molar-refractivity contribution in [2.75, 3.05) is 19.6 Å². The first-order valence-corrected chi connectivity index (χ1v) is 6.86. The first kappa shape index (κ1) is 13.9. The Balaban J connectivity index is 1.93. The highest BCUT2D eigenvalue weighted by Crippen LogP contribution is 2.20. The van der Waals surface area contributed by atoms with Crippen molar-refractivity contribution in [1.82, 2.24) is 10.6 Å². The number of phenolic OH excluding ortho intramolecular Hbond substituents is 1. The number of hydrogen-bond acceptors (Lipinski definition) is 3. The molecule has 104 valence electrons. The first-order valence-electron chi connectivity index (χ1n) is 6.86. The Morgan fingerprint density at radius 1 is 1.53 bits per heavy atom. The molecule has 1 aromatic carbocycles. The first-order chi connectivity index (χ1) is 9.08. The van der Waals surface area contributed by atoms with Crippen molar-refractivity contribution in [3.63, 3.8) is 0 Å². The number of benzene rings is 1. The van der Waals surface area contributed by atoms with Gasteiger partial charge in [-0.25, -0.2) is 0 Å². The molecule has 4 heteroatoms. The van der Waals surface area contributed by atoms with E-state index in [1.54, 1.807) is 12.1 Å². The molecular formula is C15H22N2O2. The van der Waals surface area contributed by atoms with Gasteiger partial charge in [-0.15, -0.1) is 0 Å². The Hall–Kier alpha value is -1.55. The lowest BCUT2D eigenvalue weighted by Gasteiger charge is -2.29. The Labute approximate surface area is 114 Å². The predicted molar refractivity (Wildman–Crippen MR) is 75.3 cm³/mol. The molecule has 0 spiro atoms. The summed E-state index contributed by atoms with van der Waals surface area (Å²) in [5, 5.41) is 16.1. The van der Waals surface area contributed by atoms with Gasteiger partial charge in [0, 0.05) is 6.54 Å². The molecule has 2 unspecified atom stereocenters. The largest absolute Gasteiger partial charge is 0.507 e. The summed E-state index contributed by atoms with van der Waals surface area (Å²) >= 11 is 0. The molecule has 4 nitrogen and oxygen atoms in total. The normalized spacial score (nSPS) is 23.1. The van der Waals surface area contributed by atoms with E-state index in [4.69, 9.17) is 0 Å².